The van der Waals surface area contributed by atoms with Crippen molar-refractivity contribution in [1.29, 1.82) is 0 Å². The summed E-state index contributed by atoms with van der Waals surface area (Å²) in [5.74, 6) is 0.214. The minimum Gasteiger partial charge on any atom is -0.444 e. The number of hydrogen-bond acceptors (Lipinski definition) is 7. The van der Waals surface area contributed by atoms with Crippen LogP contribution in [0.1, 0.15) is 101 Å². The Hall–Kier alpha value is -3.66. The lowest BCUT2D eigenvalue weighted by Crippen LogP contribution is -2.29. The van der Waals surface area contributed by atoms with Gasteiger partial charge in [-0.25, -0.2) is 9.48 Å². The first kappa shape index (κ1) is 30.3. The highest BCUT2D eigenvalue weighted by atomic mass is 35.5. The van der Waals surface area contributed by atoms with Crippen molar-refractivity contribution >= 4 is 35.2 Å². The molecule has 11 heteroatoms. The molecule has 2 aromatic heterocycles. The molecular weight excluding hydrogens is 546 g/mol. The quantitative estimate of drug-likeness (QED) is 0.293. The molecule has 0 bridgehead atoms. The molecule has 10 nitrogen and oxygen atoms in total. The minimum absolute atomic E-state index is 0.00580. The van der Waals surface area contributed by atoms with Crippen molar-refractivity contribution in [3.63, 3.8) is 0 Å². The number of primary amides is 1. The molecule has 1 saturated carbocycles. The zero-order chi connectivity index (χ0) is 30.3. The molecule has 3 N–H and O–H groups in total. The van der Waals surface area contributed by atoms with E-state index in [0.717, 1.165) is 18.5 Å². The van der Waals surface area contributed by atoms with Crippen LogP contribution in [0.3, 0.4) is 0 Å². The van der Waals surface area contributed by atoms with Gasteiger partial charge in [-0.1, -0.05) is 42.7 Å². The third kappa shape index (κ3) is 7.16. The first-order valence-electron chi connectivity index (χ1n) is 13.7. The van der Waals surface area contributed by atoms with Crippen LogP contribution in [-0.4, -0.2) is 38.3 Å². The van der Waals surface area contributed by atoms with Crippen molar-refractivity contribution < 1.29 is 23.6 Å². The molecule has 1 fully saturated rings. The second-order valence-corrected chi connectivity index (χ2v) is 13.2. The van der Waals surface area contributed by atoms with Crippen molar-refractivity contribution in [3.05, 3.63) is 51.9 Å². The molecule has 1 aliphatic rings. The fourth-order valence-electron chi connectivity index (χ4n) is 5.18. The lowest BCUT2D eigenvalue weighted by Gasteiger charge is -2.41. The SMILES string of the molecule is CC(C)n1nc(-c2ccc(CC(=O)Cc3cc(C4CC(C)(C)C4)no3)cc2Cl)c(C(N)=O)c1NC(=O)OC(C)(C)C. The second-order valence-electron chi connectivity index (χ2n) is 12.8. The predicted octanol–water partition coefficient (Wildman–Crippen LogP) is 6.48. The molecule has 0 spiro atoms. The Morgan fingerprint density at radius 1 is 1.20 bits per heavy atom. The van der Waals surface area contributed by atoms with Crippen molar-refractivity contribution in [2.24, 2.45) is 11.1 Å². The number of benzene rings is 1. The lowest BCUT2D eigenvalue weighted by atomic mass is 9.63. The molecule has 1 aromatic carbocycles. The second kappa shape index (κ2) is 11.3. The minimum atomic E-state index is -0.787. The van der Waals surface area contributed by atoms with Crippen LogP contribution < -0.4 is 11.1 Å². The molecule has 0 saturated heterocycles. The first-order chi connectivity index (χ1) is 19.0. The summed E-state index contributed by atoms with van der Waals surface area (Å²) in [5, 5.41) is 11.7. The van der Waals surface area contributed by atoms with Gasteiger partial charge in [0, 0.05) is 30.0 Å². The number of anilines is 1. The van der Waals surface area contributed by atoms with Gasteiger partial charge in [-0.05, 0) is 64.5 Å². The zero-order valence-corrected chi connectivity index (χ0v) is 25.4. The van der Waals surface area contributed by atoms with E-state index in [9.17, 15) is 14.4 Å². The summed E-state index contributed by atoms with van der Waals surface area (Å²) in [6, 6.07) is 6.76. The van der Waals surface area contributed by atoms with Gasteiger partial charge < -0.3 is 15.0 Å². The molecule has 0 radical (unpaired) electrons. The van der Waals surface area contributed by atoms with E-state index >= 15 is 0 Å². The maximum absolute atomic E-state index is 12.8. The number of ether oxygens (including phenoxy) is 1. The average Bonchev–Trinajstić information content (AvgIpc) is 3.41. The van der Waals surface area contributed by atoms with E-state index < -0.39 is 17.6 Å². The van der Waals surface area contributed by atoms with E-state index in [1.54, 1.807) is 39.0 Å². The smallest absolute Gasteiger partial charge is 0.413 e. The number of amides is 2. The van der Waals surface area contributed by atoms with E-state index in [2.05, 4.69) is 29.4 Å². The van der Waals surface area contributed by atoms with Crippen molar-refractivity contribution in [1.82, 2.24) is 14.9 Å². The number of Topliss-reactive ketones (excluding diaryl/α,β-unsaturated/α-hetero) is 1. The third-order valence-corrected chi connectivity index (χ3v) is 7.23. The standard InChI is InChI=1S/C30H38ClN5O5/c1-16(2)36-27(33-28(39)40-29(3,4)5)24(26(32)38)25(34-36)21-9-8-17(11-22(21)31)10-19(37)12-20-13-23(35-41-20)18-14-30(6,7)15-18/h8-9,11,13,16,18H,10,12,14-15H2,1-7H3,(H2,32,38)(H,33,39). The van der Waals surface area contributed by atoms with Crippen LogP contribution in [0, 0.1) is 5.41 Å². The van der Waals surface area contributed by atoms with Gasteiger partial charge in [0.05, 0.1) is 17.1 Å². The Kier molecular flexibility index (Phi) is 8.36. The molecule has 0 atom stereocenters. The number of carbonyl (C=O) groups excluding carboxylic acids is 3. The first-order valence-corrected chi connectivity index (χ1v) is 14.1. The fraction of sp³-hybridized carbons (Fsp3) is 0.500. The van der Waals surface area contributed by atoms with Crippen molar-refractivity contribution in [2.45, 2.75) is 91.7 Å². The summed E-state index contributed by atoms with van der Waals surface area (Å²) >= 11 is 6.65. The Morgan fingerprint density at radius 3 is 2.44 bits per heavy atom. The van der Waals surface area contributed by atoms with Gasteiger partial charge in [0.25, 0.3) is 5.91 Å². The molecule has 2 amide bonds. The monoisotopic (exact) mass is 583 g/mol. The molecule has 3 aromatic rings. The molecule has 0 unspecified atom stereocenters. The van der Waals surface area contributed by atoms with Gasteiger partial charge in [0.1, 0.15) is 34.2 Å². The molecule has 1 aliphatic carbocycles. The molecule has 0 aliphatic heterocycles. The number of rotatable bonds is 9. The van der Waals surface area contributed by atoms with Gasteiger partial charge in [-0.3, -0.25) is 14.9 Å². The van der Waals surface area contributed by atoms with Gasteiger partial charge in [0.2, 0.25) is 0 Å². The highest BCUT2D eigenvalue weighted by Gasteiger charge is 2.38. The molecule has 41 heavy (non-hydrogen) atoms. The van der Waals surface area contributed by atoms with Crippen LogP contribution >= 0.6 is 11.6 Å². The van der Waals surface area contributed by atoms with Crippen LogP contribution in [0.5, 0.6) is 0 Å². The van der Waals surface area contributed by atoms with Crippen molar-refractivity contribution in [2.75, 3.05) is 5.32 Å². The van der Waals surface area contributed by atoms with Crippen LogP contribution in [-0.2, 0) is 22.4 Å². The summed E-state index contributed by atoms with van der Waals surface area (Å²) in [5.41, 5.74) is 7.59. The van der Waals surface area contributed by atoms with Gasteiger partial charge in [-0.2, -0.15) is 5.10 Å². The number of nitrogens with zero attached hydrogens (tertiary/aromatic N) is 3. The number of carbonyl (C=O) groups is 3. The lowest BCUT2D eigenvalue weighted by molar-refractivity contribution is -0.118. The topological polar surface area (TPSA) is 142 Å². The van der Waals surface area contributed by atoms with Crippen molar-refractivity contribution in [3.8, 4) is 11.3 Å². The predicted molar refractivity (Wildman–Crippen MR) is 156 cm³/mol. The largest absolute Gasteiger partial charge is 0.444 e. The van der Waals surface area contributed by atoms with Crippen LogP contribution in [0.25, 0.3) is 11.3 Å². The van der Waals surface area contributed by atoms with Crippen LogP contribution in [0.15, 0.2) is 28.8 Å². The molecule has 4 rings (SSSR count). The normalized spacial score (nSPS) is 15.0. The summed E-state index contributed by atoms with van der Waals surface area (Å²) in [7, 11) is 0. The number of aromatic nitrogens is 3. The maximum Gasteiger partial charge on any atom is 0.413 e. The number of nitrogens with one attached hydrogen (secondary N) is 1. The summed E-state index contributed by atoms with van der Waals surface area (Å²) in [6.45, 7) is 13.4. The number of hydrogen-bond donors (Lipinski definition) is 2. The maximum atomic E-state index is 12.8. The highest BCUT2D eigenvalue weighted by Crippen LogP contribution is 2.50. The molecular formula is C30H38ClN5O5. The van der Waals surface area contributed by atoms with Crippen LogP contribution in [0.4, 0.5) is 10.6 Å². The zero-order valence-electron chi connectivity index (χ0n) is 24.6. The summed E-state index contributed by atoms with van der Waals surface area (Å²) < 4.78 is 12.3. The fourth-order valence-corrected chi connectivity index (χ4v) is 5.48. The Balaban J connectivity index is 1.53. The average molecular weight is 584 g/mol. The van der Waals surface area contributed by atoms with Crippen LogP contribution in [0.2, 0.25) is 5.02 Å². The van der Waals surface area contributed by atoms with Gasteiger partial charge >= 0.3 is 6.09 Å². The van der Waals surface area contributed by atoms with Gasteiger partial charge in [-0.15, -0.1) is 0 Å². The number of nitrogens with two attached hydrogens (primary N) is 1. The number of ketones is 1. The van der Waals surface area contributed by atoms with Gasteiger partial charge in [0.15, 0.2) is 0 Å². The molecule has 2 heterocycles. The Morgan fingerprint density at radius 2 is 1.88 bits per heavy atom. The van der Waals surface area contributed by atoms with E-state index in [-0.39, 0.29) is 46.8 Å². The summed E-state index contributed by atoms with van der Waals surface area (Å²) in [4.78, 5) is 38.0. The van der Waals surface area contributed by atoms with E-state index in [1.807, 2.05) is 19.9 Å². The number of halogens is 1. The van der Waals surface area contributed by atoms with E-state index in [0.29, 0.717) is 28.2 Å². The molecule has 220 valence electrons. The Labute approximate surface area is 244 Å². The highest BCUT2D eigenvalue weighted by molar-refractivity contribution is 6.33. The third-order valence-electron chi connectivity index (χ3n) is 6.92. The summed E-state index contributed by atoms with van der Waals surface area (Å²) in [6.07, 6.45) is 1.64. The Bertz CT molecular complexity index is 1470. The van der Waals surface area contributed by atoms with E-state index in [1.165, 1.54) is 4.68 Å². The van der Waals surface area contributed by atoms with E-state index in [4.69, 9.17) is 26.6 Å².